The molecule has 1 aliphatic rings. The zero-order valence-electron chi connectivity index (χ0n) is 12.3. The summed E-state index contributed by atoms with van der Waals surface area (Å²) in [5.74, 6) is 0.847. The van der Waals surface area contributed by atoms with Crippen molar-refractivity contribution < 1.29 is 9.53 Å². The van der Waals surface area contributed by atoms with Crippen molar-refractivity contribution in [2.45, 2.75) is 25.8 Å². The Balaban J connectivity index is 1.65. The van der Waals surface area contributed by atoms with Crippen LogP contribution >= 0.6 is 0 Å². The highest BCUT2D eigenvalue weighted by Crippen LogP contribution is 2.13. The molecule has 0 saturated carbocycles. The molecule has 1 heterocycles. The summed E-state index contributed by atoms with van der Waals surface area (Å²) < 4.78 is 5.68. The Hall–Kier alpha value is -2.06. The maximum absolute atomic E-state index is 11.0. The number of benzene rings is 1. The number of hydrogen-bond donors (Lipinski definition) is 1. The summed E-state index contributed by atoms with van der Waals surface area (Å²) in [4.78, 5) is 13.4. The van der Waals surface area contributed by atoms with Crippen LogP contribution in [-0.4, -0.2) is 43.1 Å². The van der Waals surface area contributed by atoms with E-state index in [9.17, 15) is 4.79 Å². The van der Waals surface area contributed by atoms with Crippen LogP contribution in [0.1, 0.15) is 25.3 Å². The van der Waals surface area contributed by atoms with Gasteiger partial charge in [0, 0.05) is 32.6 Å². The molecule has 21 heavy (non-hydrogen) atoms. The maximum Gasteiger partial charge on any atom is 0.217 e. The third-order valence-corrected chi connectivity index (χ3v) is 3.65. The van der Waals surface area contributed by atoms with Gasteiger partial charge in [0.25, 0.3) is 0 Å². The number of rotatable bonds is 5. The van der Waals surface area contributed by atoms with Gasteiger partial charge in [0.2, 0.25) is 5.91 Å². The number of piperidine rings is 1. The van der Waals surface area contributed by atoms with E-state index >= 15 is 0 Å². The van der Waals surface area contributed by atoms with Crippen LogP contribution in [-0.2, 0) is 4.79 Å². The molecule has 2 rings (SSSR count). The first-order chi connectivity index (χ1) is 10.2. The lowest BCUT2D eigenvalue weighted by Gasteiger charge is -2.31. The molecule has 0 aliphatic carbocycles. The molecule has 0 radical (unpaired) electrons. The Morgan fingerprint density at radius 3 is 2.62 bits per heavy atom. The van der Waals surface area contributed by atoms with Crippen molar-refractivity contribution in [3.8, 4) is 11.8 Å². The molecule has 112 valence electrons. The summed E-state index contributed by atoms with van der Waals surface area (Å²) in [6.45, 7) is 5.06. The number of nitriles is 1. The van der Waals surface area contributed by atoms with Crippen LogP contribution in [0.15, 0.2) is 24.3 Å². The van der Waals surface area contributed by atoms with Gasteiger partial charge in [-0.15, -0.1) is 0 Å². The zero-order chi connectivity index (χ0) is 15.1. The third kappa shape index (κ3) is 5.09. The maximum atomic E-state index is 11.0. The number of carbonyl (C=O) groups excluding carboxylic acids is 1. The van der Waals surface area contributed by atoms with Crippen molar-refractivity contribution >= 4 is 5.91 Å². The lowest BCUT2D eigenvalue weighted by molar-refractivity contribution is -0.119. The summed E-state index contributed by atoms with van der Waals surface area (Å²) in [5, 5.41) is 11.7. The van der Waals surface area contributed by atoms with E-state index in [4.69, 9.17) is 10.00 Å². The van der Waals surface area contributed by atoms with E-state index < -0.39 is 0 Å². The molecule has 1 N–H and O–H groups in total. The highest BCUT2D eigenvalue weighted by molar-refractivity contribution is 5.73. The Bertz CT molecular complexity index is 499. The van der Waals surface area contributed by atoms with E-state index in [-0.39, 0.29) is 5.91 Å². The Morgan fingerprint density at radius 2 is 2.05 bits per heavy atom. The van der Waals surface area contributed by atoms with Crippen LogP contribution in [0.4, 0.5) is 0 Å². The zero-order valence-corrected chi connectivity index (χ0v) is 12.3. The summed E-state index contributed by atoms with van der Waals surface area (Å²) in [7, 11) is 0. The number of ether oxygens (including phenoxy) is 1. The van der Waals surface area contributed by atoms with Gasteiger partial charge in [-0.3, -0.25) is 9.69 Å². The molecule has 1 amide bonds. The van der Waals surface area contributed by atoms with Crippen LogP contribution in [0.2, 0.25) is 0 Å². The smallest absolute Gasteiger partial charge is 0.217 e. The van der Waals surface area contributed by atoms with Gasteiger partial charge in [-0.25, -0.2) is 0 Å². The minimum atomic E-state index is 0.0533. The number of hydrogen-bond acceptors (Lipinski definition) is 4. The van der Waals surface area contributed by atoms with Crippen molar-refractivity contribution in [1.82, 2.24) is 10.2 Å². The second-order valence-electron chi connectivity index (χ2n) is 5.30. The first-order valence-corrected chi connectivity index (χ1v) is 7.30. The molecule has 1 aromatic rings. The lowest BCUT2D eigenvalue weighted by Crippen LogP contribution is -2.45. The average Bonchev–Trinajstić information content (AvgIpc) is 2.49. The molecular weight excluding hydrogens is 266 g/mol. The van der Waals surface area contributed by atoms with E-state index in [1.165, 1.54) is 0 Å². The topological polar surface area (TPSA) is 65.4 Å². The molecule has 0 atom stereocenters. The second kappa shape index (κ2) is 7.65. The highest BCUT2D eigenvalue weighted by Gasteiger charge is 2.19. The summed E-state index contributed by atoms with van der Waals surface area (Å²) in [6.07, 6.45) is 1.99. The van der Waals surface area contributed by atoms with Crippen molar-refractivity contribution in [3.05, 3.63) is 29.8 Å². The van der Waals surface area contributed by atoms with Gasteiger partial charge in [-0.05, 0) is 37.1 Å². The Labute approximate surface area is 125 Å². The van der Waals surface area contributed by atoms with E-state index in [0.717, 1.165) is 38.2 Å². The van der Waals surface area contributed by atoms with E-state index in [2.05, 4.69) is 16.3 Å². The predicted molar refractivity (Wildman–Crippen MR) is 79.9 cm³/mol. The molecular formula is C16H21N3O2. The van der Waals surface area contributed by atoms with Crippen LogP contribution in [0.5, 0.6) is 5.75 Å². The fraction of sp³-hybridized carbons (Fsp3) is 0.500. The molecule has 0 unspecified atom stereocenters. The van der Waals surface area contributed by atoms with Crippen LogP contribution < -0.4 is 10.1 Å². The lowest BCUT2D eigenvalue weighted by atomic mass is 10.1. The van der Waals surface area contributed by atoms with Gasteiger partial charge in [0.05, 0.1) is 11.6 Å². The first-order valence-electron chi connectivity index (χ1n) is 7.30. The number of amides is 1. The Kier molecular flexibility index (Phi) is 5.59. The van der Waals surface area contributed by atoms with Crippen LogP contribution in [0, 0.1) is 11.3 Å². The quantitative estimate of drug-likeness (QED) is 0.892. The van der Waals surface area contributed by atoms with Gasteiger partial charge >= 0.3 is 0 Å². The molecule has 0 bridgehead atoms. The van der Waals surface area contributed by atoms with Crippen LogP contribution in [0.3, 0.4) is 0 Å². The molecule has 1 aliphatic heterocycles. The van der Waals surface area contributed by atoms with Crippen molar-refractivity contribution in [2.75, 3.05) is 26.2 Å². The standard InChI is InChI=1S/C16H21N3O2/c1-13(20)18-15-6-8-19(9-7-15)10-11-21-16-4-2-14(12-17)3-5-16/h2-5,15H,6-11H2,1H3,(H,18,20). The van der Waals surface area contributed by atoms with E-state index in [1.807, 2.05) is 12.1 Å². The van der Waals surface area contributed by atoms with Gasteiger partial charge in [0.15, 0.2) is 0 Å². The first kappa shape index (κ1) is 15.3. The summed E-state index contributed by atoms with van der Waals surface area (Å²) in [5.41, 5.74) is 0.641. The molecule has 5 heteroatoms. The second-order valence-corrected chi connectivity index (χ2v) is 5.30. The molecule has 1 fully saturated rings. The number of likely N-dealkylation sites (tertiary alicyclic amines) is 1. The highest BCUT2D eigenvalue weighted by atomic mass is 16.5. The van der Waals surface area contributed by atoms with Crippen molar-refractivity contribution in [1.29, 1.82) is 5.26 Å². The third-order valence-electron chi connectivity index (χ3n) is 3.65. The van der Waals surface area contributed by atoms with Crippen molar-refractivity contribution in [2.24, 2.45) is 0 Å². The van der Waals surface area contributed by atoms with Gasteiger partial charge in [0.1, 0.15) is 12.4 Å². The van der Waals surface area contributed by atoms with Gasteiger partial charge in [-0.2, -0.15) is 5.26 Å². The van der Waals surface area contributed by atoms with Gasteiger partial charge in [-0.1, -0.05) is 0 Å². The monoisotopic (exact) mass is 287 g/mol. The van der Waals surface area contributed by atoms with E-state index in [0.29, 0.717) is 18.2 Å². The number of nitrogens with one attached hydrogen (secondary N) is 1. The minimum Gasteiger partial charge on any atom is -0.492 e. The van der Waals surface area contributed by atoms with Crippen LogP contribution in [0.25, 0.3) is 0 Å². The fourth-order valence-corrected chi connectivity index (χ4v) is 2.51. The fourth-order valence-electron chi connectivity index (χ4n) is 2.51. The number of carbonyl (C=O) groups is 1. The average molecular weight is 287 g/mol. The SMILES string of the molecule is CC(=O)NC1CCN(CCOc2ccc(C#N)cc2)CC1. The molecule has 1 aromatic carbocycles. The normalized spacial score (nSPS) is 16.2. The van der Waals surface area contributed by atoms with Crippen molar-refractivity contribution in [3.63, 3.8) is 0 Å². The molecule has 1 saturated heterocycles. The molecule has 5 nitrogen and oxygen atoms in total. The minimum absolute atomic E-state index is 0.0533. The largest absolute Gasteiger partial charge is 0.492 e. The number of nitrogens with zero attached hydrogens (tertiary/aromatic N) is 2. The summed E-state index contributed by atoms with van der Waals surface area (Å²) in [6, 6.07) is 9.56. The predicted octanol–water partition coefficient (Wildman–Crippen LogP) is 1.54. The summed E-state index contributed by atoms with van der Waals surface area (Å²) >= 11 is 0. The molecule has 0 spiro atoms. The van der Waals surface area contributed by atoms with Gasteiger partial charge < -0.3 is 10.1 Å². The van der Waals surface area contributed by atoms with E-state index in [1.54, 1.807) is 19.1 Å². The Morgan fingerprint density at radius 1 is 1.38 bits per heavy atom. The molecule has 0 aromatic heterocycles.